The number of halogens is 1. The van der Waals surface area contributed by atoms with Crippen molar-refractivity contribution in [2.24, 2.45) is 0 Å². The Morgan fingerprint density at radius 1 is 1.56 bits per heavy atom. The van der Waals surface area contributed by atoms with E-state index >= 15 is 0 Å². The van der Waals surface area contributed by atoms with E-state index in [9.17, 15) is 4.39 Å². The van der Waals surface area contributed by atoms with Crippen LogP contribution in [0.4, 0.5) is 10.1 Å². The predicted molar refractivity (Wildman–Crippen MR) is 68.0 cm³/mol. The van der Waals surface area contributed by atoms with Crippen molar-refractivity contribution in [3.05, 3.63) is 29.6 Å². The molecule has 0 amide bonds. The summed E-state index contributed by atoms with van der Waals surface area (Å²) in [5.41, 5.74) is 7.41. The third-order valence-corrected chi connectivity index (χ3v) is 4.20. The van der Waals surface area contributed by atoms with Crippen LogP contribution in [-0.2, 0) is 6.54 Å². The van der Waals surface area contributed by atoms with Crippen molar-refractivity contribution in [3.63, 3.8) is 0 Å². The minimum atomic E-state index is -0.210. The van der Waals surface area contributed by atoms with E-state index in [0.717, 1.165) is 12.1 Å². The van der Waals surface area contributed by atoms with Gasteiger partial charge in [0.25, 0.3) is 0 Å². The first-order valence-corrected chi connectivity index (χ1v) is 6.64. The Hall–Kier alpha value is -0.740. The van der Waals surface area contributed by atoms with Gasteiger partial charge in [0.2, 0.25) is 0 Å². The number of nitrogens with two attached hydrogens (primary N) is 1. The predicted octanol–water partition coefficient (Wildman–Crippen LogP) is 2.35. The van der Waals surface area contributed by atoms with Gasteiger partial charge in [0.1, 0.15) is 5.82 Å². The van der Waals surface area contributed by atoms with Crippen LogP contribution in [0, 0.1) is 5.82 Å². The highest BCUT2D eigenvalue weighted by Gasteiger charge is 2.20. The van der Waals surface area contributed by atoms with Crippen LogP contribution in [0.1, 0.15) is 12.0 Å². The van der Waals surface area contributed by atoms with Crippen molar-refractivity contribution in [2.45, 2.75) is 19.0 Å². The van der Waals surface area contributed by atoms with Crippen LogP contribution in [0.25, 0.3) is 0 Å². The summed E-state index contributed by atoms with van der Waals surface area (Å²) in [5, 5.41) is 0. The molecule has 0 aliphatic carbocycles. The second-order valence-electron chi connectivity index (χ2n) is 4.28. The molecule has 88 valence electrons. The number of nitrogen functional groups attached to an aromatic ring is 1. The topological polar surface area (TPSA) is 29.3 Å². The molecule has 2 nitrogen and oxygen atoms in total. The fourth-order valence-electron chi connectivity index (χ4n) is 1.98. The van der Waals surface area contributed by atoms with Gasteiger partial charge in [-0.3, -0.25) is 4.90 Å². The number of benzene rings is 1. The van der Waals surface area contributed by atoms with Crippen LogP contribution in [0.3, 0.4) is 0 Å². The zero-order chi connectivity index (χ0) is 11.5. The Labute approximate surface area is 100 Å². The lowest BCUT2D eigenvalue weighted by molar-refractivity contribution is 0.254. The molecular weight excluding hydrogens is 223 g/mol. The van der Waals surface area contributed by atoms with Gasteiger partial charge >= 0.3 is 0 Å². The molecule has 1 aromatic rings. The maximum atomic E-state index is 13.1. The maximum absolute atomic E-state index is 13.1. The van der Waals surface area contributed by atoms with E-state index < -0.39 is 0 Å². The minimum Gasteiger partial charge on any atom is -0.398 e. The summed E-state index contributed by atoms with van der Waals surface area (Å²) in [5.74, 6) is 2.19. The SMILES string of the molecule is CN(Cc1cc(F)ccc1N)C1CCSC1. The van der Waals surface area contributed by atoms with E-state index in [0.29, 0.717) is 11.7 Å². The van der Waals surface area contributed by atoms with Crippen LogP contribution in [0.15, 0.2) is 18.2 Å². The Kier molecular flexibility index (Phi) is 3.71. The van der Waals surface area contributed by atoms with Gasteiger partial charge in [-0.25, -0.2) is 4.39 Å². The van der Waals surface area contributed by atoms with Gasteiger partial charge in [-0.1, -0.05) is 0 Å². The molecule has 4 heteroatoms. The van der Waals surface area contributed by atoms with Crippen molar-refractivity contribution in [3.8, 4) is 0 Å². The molecule has 0 radical (unpaired) electrons. The Morgan fingerprint density at radius 3 is 3.06 bits per heavy atom. The number of rotatable bonds is 3. The lowest BCUT2D eigenvalue weighted by Crippen LogP contribution is -2.31. The second kappa shape index (κ2) is 5.06. The second-order valence-corrected chi connectivity index (χ2v) is 5.43. The highest BCUT2D eigenvalue weighted by atomic mass is 32.2. The van der Waals surface area contributed by atoms with E-state index in [2.05, 4.69) is 11.9 Å². The zero-order valence-corrected chi connectivity index (χ0v) is 10.3. The van der Waals surface area contributed by atoms with E-state index in [-0.39, 0.29) is 5.82 Å². The lowest BCUT2D eigenvalue weighted by atomic mass is 10.1. The molecule has 1 aromatic carbocycles. The largest absolute Gasteiger partial charge is 0.398 e. The number of hydrogen-bond donors (Lipinski definition) is 1. The van der Waals surface area contributed by atoms with Gasteiger partial charge in [0, 0.05) is 24.0 Å². The molecule has 1 heterocycles. The molecule has 2 N–H and O–H groups in total. The molecule has 0 saturated carbocycles. The van der Waals surface area contributed by atoms with Crippen molar-refractivity contribution in [1.29, 1.82) is 0 Å². The van der Waals surface area contributed by atoms with Crippen LogP contribution < -0.4 is 5.73 Å². The van der Waals surface area contributed by atoms with Gasteiger partial charge < -0.3 is 5.73 Å². The molecule has 0 aromatic heterocycles. The Balaban J connectivity index is 2.04. The molecule has 1 saturated heterocycles. The standard InChI is InChI=1S/C12H17FN2S/c1-15(11-4-5-16-8-11)7-9-6-10(13)2-3-12(9)14/h2-3,6,11H,4-5,7-8,14H2,1H3. The zero-order valence-electron chi connectivity index (χ0n) is 9.45. The van der Waals surface area contributed by atoms with E-state index in [4.69, 9.17) is 5.73 Å². The van der Waals surface area contributed by atoms with E-state index in [1.807, 2.05) is 11.8 Å². The molecule has 1 aliphatic heterocycles. The lowest BCUT2D eigenvalue weighted by Gasteiger charge is -2.24. The minimum absolute atomic E-state index is 0.210. The van der Waals surface area contributed by atoms with Gasteiger partial charge in [-0.2, -0.15) is 11.8 Å². The molecule has 16 heavy (non-hydrogen) atoms. The van der Waals surface area contributed by atoms with Gasteiger partial charge in [-0.05, 0) is 43.0 Å². The Bertz CT molecular complexity index is 364. The first-order valence-electron chi connectivity index (χ1n) is 5.48. The summed E-state index contributed by atoms with van der Waals surface area (Å²) in [4.78, 5) is 2.27. The fourth-order valence-corrected chi connectivity index (χ4v) is 3.28. The number of hydrogen-bond acceptors (Lipinski definition) is 3. The normalized spacial score (nSPS) is 20.6. The fraction of sp³-hybridized carbons (Fsp3) is 0.500. The maximum Gasteiger partial charge on any atom is 0.123 e. The number of nitrogens with zero attached hydrogens (tertiary/aromatic N) is 1. The molecule has 1 aliphatic rings. The van der Waals surface area contributed by atoms with Crippen molar-refractivity contribution < 1.29 is 4.39 Å². The highest BCUT2D eigenvalue weighted by molar-refractivity contribution is 7.99. The third-order valence-electron chi connectivity index (χ3n) is 3.05. The number of thioether (sulfide) groups is 1. The molecule has 0 bridgehead atoms. The molecule has 1 atom stereocenters. The average molecular weight is 240 g/mol. The van der Waals surface area contributed by atoms with E-state index in [1.54, 1.807) is 6.07 Å². The van der Waals surface area contributed by atoms with Crippen molar-refractivity contribution >= 4 is 17.4 Å². The monoisotopic (exact) mass is 240 g/mol. The molecule has 1 unspecified atom stereocenters. The summed E-state index contributed by atoms with van der Waals surface area (Å²) in [6.07, 6.45) is 1.22. The van der Waals surface area contributed by atoms with Crippen LogP contribution in [0.2, 0.25) is 0 Å². The summed E-state index contributed by atoms with van der Waals surface area (Å²) in [6, 6.07) is 5.19. The molecule has 0 spiro atoms. The smallest absolute Gasteiger partial charge is 0.123 e. The molecule has 1 fully saturated rings. The molecular formula is C12H17FN2S. The highest BCUT2D eigenvalue weighted by Crippen LogP contribution is 2.24. The number of anilines is 1. The third kappa shape index (κ3) is 2.68. The summed E-state index contributed by atoms with van der Waals surface area (Å²) < 4.78 is 13.1. The quantitative estimate of drug-likeness (QED) is 0.822. The summed E-state index contributed by atoms with van der Waals surface area (Å²) in [7, 11) is 2.08. The van der Waals surface area contributed by atoms with Gasteiger partial charge in [-0.15, -0.1) is 0 Å². The van der Waals surface area contributed by atoms with Crippen molar-refractivity contribution in [2.75, 3.05) is 24.3 Å². The van der Waals surface area contributed by atoms with Gasteiger partial charge in [0.05, 0.1) is 0 Å². The van der Waals surface area contributed by atoms with Crippen LogP contribution >= 0.6 is 11.8 Å². The van der Waals surface area contributed by atoms with E-state index in [1.165, 1.54) is 30.1 Å². The summed E-state index contributed by atoms with van der Waals surface area (Å²) >= 11 is 1.98. The van der Waals surface area contributed by atoms with Crippen molar-refractivity contribution in [1.82, 2.24) is 4.90 Å². The van der Waals surface area contributed by atoms with Gasteiger partial charge in [0.15, 0.2) is 0 Å². The summed E-state index contributed by atoms with van der Waals surface area (Å²) in [6.45, 7) is 0.731. The molecule has 2 rings (SSSR count). The first kappa shape index (κ1) is 11.7. The Morgan fingerprint density at radius 2 is 2.38 bits per heavy atom. The first-order chi connectivity index (χ1) is 7.66. The average Bonchev–Trinajstić information content (AvgIpc) is 2.76. The van der Waals surface area contributed by atoms with Crippen LogP contribution in [-0.4, -0.2) is 29.5 Å². The van der Waals surface area contributed by atoms with Crippen LogP contribution in [0.5, 0.6) is 0 Å².